The molecule has 0 unspecified atom stereocenters. The third-order valence-corrected chi connectivity index (χ3v) is 6.61. The molecular weight excluding hydrogens is 456 g/mol. The highest BCUT2D eigenvalue weighted by atomic mass is 32.1. The third-order valence-electron chi connectivity index (χ3n) is 6.61. The summed E-state index contributed by atoms with van der Waals surface area (Å²) in [7, 11) is 0. The number of phenols is 4. The quantitative estimate of drug-likeness (QED) is 0.245. The van der Waals surface area contributed by atoms with Gasteiger partial charge in [-0.1, -0.05) is 67.8 Å². The second-order valence-electron chi connectivity index (χ2n) is 8.83. The van der Waals surface area contributed by atoms with Gasteiger partial charge in [0, 0.05) is 5.41 Å². The summed E-state index contributed by atoms with van der Waals surface area (Å²) in [5.41, 5.74) is 4.59. The Morgan fingerprint density at radius 2 is 0.686 bits per heavy atom. The van der Waals surface area contributed by atoms with Gasteiger partial charge in [0.1, 0.15) is 23.0 Å². The molecule has 5 heteroatoms. The smallest absolute Gasteiger partial charge is 0.115 e. The maximum atomic E-state index is 9.51. The minimum atomic E-state index is 0. The first-order valence-corrected chi connectivity index (χ1v) is 11.6. The number of hydrogen-bond donors (Lipinski definition) is 4. The van der Waals surface area contributed by atoms with Crippen molar-refractivity contribution in [2.24, 2.45) is 0 Å². The molecule has 4 nitrogen and oxygen atoms in total. The lowest BCUT2D eigenvalue weighted by atomic mass is 9.65. The van der Waals surface area contributed by atoms with Crippen molar-refractivity contribution in [1.82, 2.24) is 0 Å². The van der Waals surface area contributed by atoms with Gasteiger partial charge in [0.05, 0.1) is 0 Å². The van der Waals surface area contributed by atoms with Crippen LogP contribution in [-0.4, -0.2) is 20.4 Å². The molecule has 1 saturated carbocycles. The normalized spacial score (nSPS) is 14.2. The van der Waals surface area contributed by atoms with Gasteiger partial charge >= 0.3 is 0 Å². The predicted octanol–water partition coefficient (Wildman–Crippen LogP) is 7.23. The summed E-state index contributed by atoms with van der Waals surface area (Å²) in [5.74, 6) is 1.14. The van der Waals surface area contributed by atoms with Crippen LogP contribution in [0.4, 0.5) is 0 Å². The van der Waals surface area contributed by atoms with Crippen LogP contribution in [0.15, 0.2) is 97.1 Å². The molecule has 182 valence electrons. The summed E-state index contributed by atoms with van der Waals surface area (Å²) in [6.45, 7) is 0. The van der Waals surface area contributed by atoms with Crippen LogP contribution in [0.1, 0.15) is 43.2 Å². The highest BCUT2D eigenvalue weighted by molar-refractivity contribution is 7.59. The fourth-order valence-electron chi connectivity index (χ4n) is 4.77. The molecule has 1 fully saturated rings. The molecule has 35 heavy (non-hydrogen) atoms. The molecule has 0 amide bonds. The highest BCUT2D eigenvalue weighted by Gasteiger charge is 2.35. The van der Waals surface area contributed by atoms with E-state index in [4.69, 9.17) is 10.2 Å². The number of benzene rings is 4. The Bertz CT molecular complexity index is 1090. The summed E-state index contributed by atoms with van der Waals surface area (Å²) in [6, 6.07) is 29.1. The van der Waals surface area contributed by atoms with Gasteiger partial charge < -0.3 is 20.4 Å². The maximum Gasteiger partial charge on any atom is 0.115 e. The second kappa shape index (κ2) is 11.7. The molecule has 0 aliphatic heterocycles. The number of rotatable bonds is 3. The van der Waals surface area contributed by atoms with Crippen LogP contribution >= 0.6 is 13.5 Å². The van der Waals surface area contributed by atoms with Crippen molar-refractivity contribution in [1.29, 1.82) is 0 Å². The molecule has 0 radical (unpaired) electrons. The van der Waals surface area contributed by atoms with E-state index in [-0.39, 0.29) is 30.4 Å². The van der Waals surface area contributed by atoms with E-state index in [0.717, 1.165) is 24.0 Å². The van der Waals surface area contributed by atoms with Crippen molar-refractivity contribution in [3.63, 3.8) is 0 Å². The van der Waals surface area contributed by atoms with Crippen LogP contribution in [0.2, 0.25) is 0 Å². The topological polar surface area (TPSA) is 80.9 Å². The number of hydrogen-bond acceptors (Lipinski definition) is 4. The van der Waals surface area contributed by atoms with Crippen LogP contribution in [0.3, 0.4) is 0 Å². The standard InChI is InChI=1S/C18H20O2.C12H10O2.H2S/c19-16-8-4-14(5-9-16)18(12-2-1-3-13-18)15-6-10-17(20)11-7-15;13-11-5-1-9(2-6-11)10-3-7-12(14)8-4-10;/h4-11,19-20H,1-3,12-13H2;1-8,13-14H;1H2. The molecule has 4 N–H and O–H groups in total. The van der Waals surface area contributed by atoms with Gasteiger partial charge in [-0.15, -0.1) is 0 Å². The van der Waals surface area contributed by atoms with Crippen LogP contribution in [0.5, 0.6) is 23.0 Å². The lowest BCUT2D eigenvalue weighted by Crippen LogP contribution is -2.30. The predicted molar refractivity (Wildman–Crippen MR) is 146 cm³/mol. The Morgan fingerprint density at radius 3 is 1.00 bits per heavy atom. The zero-order valence-electron chi connectivity index (χ0n) is 19.6. The molecule has 0 atom stereocenters. The molecule has 5 rings (SSSR count). The molecule has 0 bridgehead atoms. The molecule has 4 aromatic carbocycles. The molecule has 1 aliphatic rings. The minimum absolute atomic E-state index is 0. The monoisotopic (exact) mass is 488 g/mol. The molecule has 0 spiro atoms. The van der Waals surface area contributed by atoms with Crippen molar-refractivity contribution >= 4 is 13.5 Å². The lowest BCUT2D eigenvalue weighted by molar-refractivity contribution is 0.345. The van der Waals surface area contributed by atoms with E-state index >= 15 is 0 Å². The van der Waals surface area contributed by atoms with Crippen LogP contribution in [-0.2, 0) is 5.41 Å². The van der Waals surface area contributed by atoms with E-state index in [2.05, 4.69) is 0 Å². The summed E-state index contributed by atoms with van der Waals surface area (Å²) >= 11 is 0. The van der Waals surface area contributed by atoms with Crippen molar-refractivity contribution in [3.8, 4) is 34.1 Å². The van der Waals surface area contributed by atoms with E-state index in [1.165, 1.54) is 30.4 Å². The summed E-state index contributed by atoms with van der Waals surface area (Å²) in [5, 5.41) is 37.2. The van der Waals surface area contributed by atoms with Gasteiger partial charge in [0.15, 0.2) is 0 Å². The Labute approximate surface area is 213 Å². The number of phenolic OH excluding ortho intramolecular Hbond substituents is 4. The minimum Gasteiger partial charge on any atom is -0.508 e. The van der Waals surface area contributed by atoms with Gasteiger partial charge in [-0.3, -0.25) is 0 Å². The second-order valence-corrected chi connectivity index (χ2v) is 8.83. The van der Waals surface area contributed by atoms with E-state index in [1.54, 1.807) is 48.5 Å². The summed E-state index contributed by atoms with van der Waals surface area (Å²) in [6.07, 6.45) is 5.99. The van der Waals surface area contributed by atoms with Gasteiger partial charge in [0.25, 0.3) is 0 Å². The van der Waals surface area contributed by atoms with Crippen molar-refractivity contribution in [2.75, 3.05) is 0 Å². The SMILES string of the molecule is Oc1ccc(-c2ccc(O)cc2)cc1.Oc1ccc(C2(c3ccc(O)cc3)CCCCC2)cc1.S. The number of aromatic hydroxyl groups is 4. The molecule has 0 aromatic heterocycles. The average Bonchev–Trinajstić information content (AvgIpc) is 2.87. The van der Waals surface area contributed by atoms with E-state index in [9.17, 15) is 10.2 Å². The van der Waals surface area contributed by atoms with Crippen LogP contribution in [0, 0.1) is 0 Å². The van der Waals surface area contributed by atoms with Gasteiger partial charge in [-0.25, -0.2) is 0 Å². The molecule has 1 aliphatic carbocycles. The average molecular weight is 489 g/mol. The summed E-state index contributed by atoms with van der Waals surface area (Å²) < 4.78 is 0. The fraction of sp³-hybridized carbons (Fsp3) is 0.200. The Hall–Kier alpha value is -3.57. The van der Waals surface area contributed by atoms with Crippen LogP contribution < -0.4 is 0 Å². The first-order chi connectivity index (χ1) is 16.5. The zero-order chi connectivity index (χ0) is 24.0. The van der Waals surface area contributed by atoms with E-state index in [0.29, 0.717) is 11.5 Å². The largest absolute Gasteiger partial charge is 0.508 e. The third kappa shape index (κ3) is 6.31. The maximum absolute atomic E-state index is 9.51. The van der Waals surface area contributed by atoms with Crippen LogP contribution in [0.25, 0.3) is 11.1 Å². The molecule has 0 heterocycles. The lowest BCUT2D eigenvalue weighted by Gasteiger charge is -2.38. The Morgan fingerprint density at radius 1 is 0.400 bits per heavy atom. The molecule has 0 saturated heterocycles. The van der Waals surface area contributed by atoms with Gasteiger partial charge in [0.2, 0.25) is 0 Å². The van der Waals surface area contributed by atoms with Crippen molar-refractivity contribution in [2.45, 2.75) is 37.5 Å². The van der Waals surface area contributed by atoms with E-state index in [1.807, 2.05) is 48.5 Å². The van der Waals surface area contributed by atoms with Gasteiger partial charge in [-0.2, -0.15) is 13.5 Å². The Kier molecular flexibility index (Phi) is 8.72. The summed E-state index contributed by atoms with van der Waals surface area (Å²) in [4.78, 5) is 0. The first kappa shape index (κ1) is 26.0. The van der Waals surface area contributed by atoms with E-state index < -0.39 is 0 Å². The van der Waals surface area contributed by atoms with Gasteiger partial charge in [-0.05, 0) is 83.6 Å². The fourth-order valence-corrected chi connectivity index (χ4v) is 4.77. The zero-order valence-corrected chi connectivity index (χ0v) is 20.6. The Balaban J connectivity index is 0.000000202. The van der Waals surface area contributed by atoms with Crippen molar-refractivity contribution in [3.05, 3.63) is 108 Å². The first-order valence-electron chi connectivity index (χ1n) is 11.6. The van der Waals surface area contributed by atoms with Crippen molar-refractivity contribution < 1.29 is 20.4 Å². The molecular formula is C30H32O4S. The molecule has 4 aromatic rings. The highest BCUT2D eigenvalue weighted by Crippen LogP contribution is 2.45.